The van der Waals surface area contributed by atoms with E-state index in [1.54, 1.807) is 6.33 Å². The third-order valence-electron chi connectivity index (χ3n) is 5.92. The number of carbonyl (C=O) groups is 1. The van der Waals surface area contributed by atoms with E-state index >= 15 is 0 Å². The van der Waals surface area contributed by atoms with E-state index in [2.05, 4.69) is 25.1 Å². The van der Waals surface area contributed by atoms with Crippen LogP contribution in [0, 0.1) is 0 Å². The summed E-state index contributed by atoms with van der Waals surface area (Å²) in [5.41, 5.74) is 9.08. The molecule has 1 atom stereocenters. The Labute approximate surface area is 179 Å². The number of aromatic nitrogens is 4. The Morgan fingerprint density at radius 2 is 1.90 bits per heavy atom. The molecule has 3 heterocycles. The number of nitrogens with zero attached hydrogens (tertiary/aromatic N) is 5. The summed E-state index contributed by atoms with van der Waals surface area (Å²) >= 11 is 5.93. The van der Waals surface area contributed by atoms with Gasteiger partial charge in [0.15, 0.2) is 5.65 Å². The van der Waals surface area contributed by atoms with Gasteiger partial charge in [-0.2, -0.15) is 5.10 Å². The highest BCUT2D eigenvalue weighted by Gasteiger charge is 2.32. The molecule has 3 N–H and O–H groups in total. The molecule has 3 aromatic rings. The normalized spacial score (nSPS) is 18.1. The number of amides is 1. The number of halogens is 1. The predicted molar refractivity (Wildman–Crippen MR) is 116 cm³/mol. The molecule has 9 heteroatoms. The summed E-state index contributed by atoms with van der Waals surface area (Å²) in [4.78, 5) is 25.8. The van der Waals surface area contributed by atoms with E-state index in [0.29, 0.717) is 49.2 Å². The second-order valence-electron chi connectivity index (χ2n) is 8.06. The van der Waals surface area contributed by atoms with Crippen LogP contribution < -0.4 is 10.6 Å². The molecule has 0 bridgehead atoms. The van der Waals surface area contributed by atoms with E-state index in [1.807, 2.05) is 29.2 Å². The lowest BCUT2D eigenvalue weighted by Crippen LogP contribution is -2.53. The van der Waals surface area contributed by atoms with Crippen LogP contribution in [-0.4, -0.2) is 63.2 Å². The van der Waals surface area contributed by atoms with Crippen molar-refractivity contribution in [1.82, 2.24) is 25.1 Å². The van der Waals surface area contributed by atoms with E-state index in [-0.39, 0.29) is 5.91 Å². The minimum Gasteiger partial charge on any atom is -0.352 e. The molecule has 5 rings (SSSR count). The maximum atomic E-state index is 12.9. The number of carbonyl (C=O) groups excluding carboxylic acids is 1. The summed E-state index contributed by atoms with van der Waals surface area (Å²) in [6.07, 6.45) is 4.43. The lowest BCUT2D eigenvalue weighted by molar-refractivity contribution is -0.132. The van der Waals surface area contributed by atoms with Crippen LogP contribution in [0.25, 0.3) is 11.0 Å². The van der Waals surface area contributed by atoms with Crippen molar-refractivity contribution in [2.75, 3.05) is 31.1 Å². The topological polar surface area (TPSA) is 104 Å². The molecule has 156 valence electrons. The van der Waals surface area contributed by atoms with Crippen molar-refractivity contribution in [2.24, 2.45) is 5.73 Å². The summed E-state index contributed by atoms with van der Waals surface area (Å²) in [5, 5.41) is 9.21. The first-order chi connectivity index (χ1) is 14.6. The van der Waals surface area contributed by atoms with Gasteiger partial charge >= 0.3 is 0 Å². The highest BCUT2D eigenvalue weighted by atomic mass is 35.5. The maximum Gasteiger partial charge on any atom is 0.239 e. The van der Waals surface area contributed by atoms with Gasteiger partial charge in [0, 0.05) is 37.1 Å². The molecule has 1 saturated heterocycles. The van der Waals surface area contributed by atoms with Gasteiger partial charge < -0.3 is 15.5 Å². The van der Waals surface area contributed by atoms with E-state index in [4.69, 9.17) is 17.3 Å². The number of fused-ring (bicyclic) bond motifs is 1. The van der Waals surface area contributed by atoms with Crippen LogP contribution in [0.1, 0.15) is 30.0 Å². The fraction of sp³-hybridized carbons (Fsp3) is 0.429. The number of hydrogen-bond acceptors (Lipinski definition) is 6. The van der Waals surface area contributed by atoms with Crippen LogP contribution >= 0.6 is 11.6 Å². The fourth-order valence-corrected chi connectivity index (χ4v) is 4.23. The highest BCUT2D eigenvalue weighted by molar-refractivity contribution is 6.30. The first-order valence-electron chi connectivity index (χ1n) is 10.3. The quantitative estimate of drug-likeness (QED) is 0.648. The second-order valence-corrected chi connectivity index (χ2v) is 8.49. The molecule has 2 aromatic heterocycles. The lowest BCUT2D eigenvalue weighted by atomic mass is 10.1. The molecule has 1 aromatic carbocycles. The molecule has 1 aliphatic carbocycles. The number of benzene rings is 1. The molecule has 0 radical (unpaired) electrons. The zero-order valence-electron chi connectivity index (χ0n) is 16.6. The standard InChI is InChI=1S/C21H24ClN7O/c22-15-5-1-13(2-6-15)11-16(23)21(30)29-9-7-28(8-10-29)20-17-18(14-3-4-14)26-27-19(17)24-12-25-20/h1-2,5-6,12,14,16H,3-4,7-11,23H2,(H,24,25,26,27). The number of anilines is 1. The number of aromatic amines is 1. The van der Waals surface area contributed by atoms with E-state index in [9.17, 15) is 4.79 Å². The van der Waals surface area contributed by atoms with Gasteiger partial charge in [-0.25, -0.2) is 9.97 Å². The smallest absolute Gasteiger partial charge is 0.239 e. The number of nitrogens with one attached hydrogen (secondary N) is 1. The van der Waals surface area contributed by atoms with Crippen LogP contribution in [0.2, 0.25) is 5.02 Å². The molecule has 2 aliphatic rings. The van der Waals surface area contributed by atoms with Crippen molar-refractivity contribution in [2.45, 2.75) is 31.2 Å². The van der Waals surface area contributed by atoms with Crippen molar-refractivity contribution < 1.29 is 4.79 Å². The Kier molecular flexibility index (Phi) is 5.04. The minimum atomic E-state index is -0.557. The monoisotopic (exact) mass is 425 g/mol. The average molecular weight is 426 g/mol. The number of nitrogens with two attached hydrogens (primary N) is 1. The summed E-state index contributed by atoms with van der Waals surface area (Å²) in [6.45, 7) is 2.66. The summed E-state index contributed by atoms with van der Waals surface area (Å²) in [5.74, 6) is 1.43. The minimum absolute atomic E-state index is 0.0144. The van der Waals surface area contributed by atoms with Gasteiger partial charge in [0.2, 0.25) is 5.91 Å². The van der Waals surface area contributed by atoms with Crippen LogP contribution in [0.3, 0.4) is 0 Å². The van der Waals surface area contributed by atoms with Crippen molar-refractivity contribution in [3.8, 4) is 0 Å². The first-order valence-corrected chi connectivity index (χ1v) is 10.7. The highest BCUT2D eigenvalue weighted by Crippen LogP contribution is 2.43. The van der Waals surface area contributed by atoms with E-state index in [0.717, 1.165) is 22.5 Å². The first kappa shape index (κ1) is 19.3. The summed E-state index contributed by atoms with van der Waals surface area (Å²) < 4.78 is 0. The Bertz CT molecular complexity index is 1050. The Balaban J connectivity index is 1.25. The largest absolute Gasteiger partial charge is 0.352 e. The van der Waals surface area contributed by atoms with Crippen molar-refractivity contribution in [3.63, 3.8) is 0 Å². The molecule has 0 spiro atoms. The fourth-order valence-electron chi connectivity index (χ4n) is 4.10. The van der Waals surface area contributed by atoms with Gasteiger partial charge in [0.25, 0.3) is 0 Å². The number of hydrogen-bond donors (Lipinski definition) is 2. The SMILES string of the molecule is NC(Cc1ccc(Cl)cc1)C(=O)N1CCN(c2ncnc3n[nH]c(C4CC4)c23)CC1. The van der Waals surface area contributed by atoms with Crippen LogP contribution in [-0.2, 0) is 11.2 Å². The molecule has 8 nitrogen and oxygen atoms in total. The molecular formula is C21H24ClN7O. The summed E-state index contributed by atoms with van der Waals surface area (Å²) in [6, 6.07) is 6.91. The Morgan fingerprint density at radius 3 is 2.60 bits per heavy atom. The molecule has 1 saturated carbocycles. The van der Waals surface area contributed by atoms with Gasteiger partial charge in [-0.1, -0.05) is 23.7 Å². The van der Waals surface area contributed by atoms with Gasteiger partial charge in [0.1, 0.15) is 12.1 Å². The third-order valence-corrected chi connectivity index (χ3v) is 6.17. The van der Waals surface area contributed by atoms with Gasteiger partial charge in [-0.3, -0.25) is 9.89 Å². The molecular weight excluding hydrogens is 402 g/mol. The van der Waals surface area contributed by atoms with Crippen molar-refractivity contribution in [3.05, 3.63) is 46.9 Å². The van der Waals surface area contributed by atoms with E-state index in [1.165, 1.54) is 12.8 Å². The lowest BCUT2D eigenvalue weighted by Gasteiger charge is -2.36. The molecule has 1 amide bonds. The molecule has 1 unspecified atom stereocenters. The van der Waals surface area contributed by atoms with Gasteiger partial charge in [-0.05, 0) is 37.0 Å². The maximum absolute atomic E-state index is 12.9. The number of piperazine rings is 1. The molecule has 1 aliphatic heterocycles. The van der Waals surface area contributed by atoms with Gasteiger partial charge in [0.05, 0.1) is 17.1 Å². The average Bonchev–Trinajstić information content (AvgIpc) is 3.53. The molecule has 30 heavy (non-hydrogen) atoms. The number of H-pyrrole nitrogens is 1. The number of rotatable bonds is 5. The summed E-state index contributed by atoms with van der Waals surface area (Å²) in [7, 11) is 0. The van der Waals surface area contributed by atoms with E-state index < -0.39 is 6.04 Å². The Hall–Kier alpha value is -2.71. The van der Waals surface area contributed by atoms with Crippen molar-refractivity contribution >= 4 is 34.4 Å². The zero-order chi connectivity index (χ0) is 20.7. The molecule has 2 fully saturated rings. The van der Waals surface area contributed by atoms with Gasteiger partial charge in [-0.15, -0.1) is 0 Å². The van der Waals surface area contributed by atoms with Crippen molar-refractivity contribution in [1.29, 1.82) is 0 Å². The van der Waals surface area contributed by atoms with Crippen LogP contribution in [0.15, 0.2) is 30.6 Å². The second kappa shape index (κ2) is 7.85. The Morgan fingerprint density at radius 1 is 1.17 bits per heavy atom. The predicted octanol–water partition coefficient (Wildman–Crippen LogP) is 2.10. The van der Waals surface area contributed by atoms with Crippen LogP contribution in [0.4, 0.5) is 5.82 Å². The third kappa shape index (κ3) is 3.73. The van der Waals surface area contributed by atoms with Crippen LogP contribution in [0.5, 0.6) is 0 Å². The zero-order valence-corrected chi connectivity index (χ0v) is 17.3.